The van der Waals surface area contributed by atoms with Gasteiger partial charge in [0.25, 0.3) is 0 Å². The predicted molar refractivity (Wildman–Crippen MR) is 61.3 cm³/mol. The van der Waals surface area contributed by atoms with Crippen LogP contribution in [0.1, 0.15) is 13.3 Å². The number of rotatable bonds is 5. The standard InChI is InChI=1S/C11H16FNO2S/c1-9(6-7-13)8-16(14,15)11-4-2-10(12)3-5-11/h2-5,9H,6-8,13H2,1H3. The molecule has 1 aromatic rings. The van der Waals surface area contributed by atoms with E-state index in [1.54, 1.807) is 0 Å². The molecule has 0 aliphatic carbocycles. The van der Waals surface area contributed by atoms with Gasteiger partial charge in [0.15, 0.2) is 9.84 Å². The van der Waals surface area contributed by atoms with Gasteiger partial charge in [-0.3, -0.25) is 0 Å². The summed E-state index contributed by atoms with van der Waals surface area (Å²) in [4.78, 5) is 0.165. The molecule has 1 atom stereocenters. The minimum Gasteiger partial charge on any atom is -0.330 e. The van der Waals surface area contributed by atoms with Crippen LogP contribution in [0.4, 0.5) is 4.39 Å². The van der Waals surface area contributed by atoms with Crippen molar-refractivity contribution in [2.75, 3.05) is 12.3 Å². The lowest BCUT2D eigenvalue weighted by Gasteiger charge is -2.10. The summed E-state index contributed by atoms with van der Waals surface area (Å²) in [5.41, 5.74) is 5.36. The lowest BCUT2D eigenvalue weighted by molar-refractivity contribution is 0.554. The first-order valence-electron chi connectivity index (χ1n) is 5.14. The fourth-order valence-corrected chi connectivity index (χ4v) is 3.14. The predicted octanol–water partition coefficient (Wildman–Crippen LogP) is 1.58. The number of benzene rings is 1. The highest BCUT2D eigenvalue weighted by atomic mass is 32.2. The minimum atomic E-state index is -3.32. The minimum absolute atomic E-state index is 0.0139. The van der Waals surface area contributed by atoms with Gasteiger partial charge in [-0.05, 0) is 43.1 Å². The molecular weight excluding hydrogens is 229 g/mol. The van der Waals surface area contributed by atoms with Gasteiger partial charge < -0.3 is 5.73 Å². The van der Waals surface area contributed by atoms with Gasteiger partial charge in [-0.15, -0.1) is 0 Å². The molecule has 0 aliphatic heterocycles. The maximum Gasteiger partial charge on any atom is 0.178 e. The molecule has 0 aliphatic rings. The van der Waals surface area contributed by atoms with Crippen molar-refractivity contribution in [2.24, 2.45) is 11.7 Å². The highest BCUT2D eigenvalue weighted by Crippen LogP contribution is 2.16. The van der Waals surface area contributed by atoms with E-state index in [-0.39, 0.29) is 16.6 Å². The van der Waals surface area contributed by atoms with Crippen LogP contribution in [0.2, 0.25) is 0 Å². The number of halogens is 1. The van der Waals surface area contributed by atoms with Gasteiger partial charge >= 0.3 is 0 Å². The Morgan fingerprint density at radius 3 is 2.38 bits per heavy atom. The molecule has 0 saturated carbocycles. The van der Waals surface area contributed by atoms with Crippen LogP contribution in [0, 0.1) is 11.7 Å². The molecule has 1 aromatic carbocycles. The normalized spacial score (nSPS) is 13.7. The fraction of sp³-hybridized carbons (Fsp3) is 0.455. The highest BCUT2D eigenvalue weighted by molar-refractivity contribution is 7.91. The molecule has 1 rings (SSSR count). The monoisotopic (exact) mass is 245 g/mol. The van der Waals surface area contributed by atoms with E-state index in [0.29, 0.717) is 13.0 Å². The third-order valence-corrected chi connectivity index (χ3v) is 4.33. The van der Waals surface area contributed by atoms with E-state index in [2.05, 4.69) is 0 Å². The largest absolute Gasteiger partial charge is 0.330 e. The molecule has 0 amide bonds. The second-order valence-corrected chi connectivity index (χ2v) is 5.95. The highest BCUT2D eigenvalue weighted by Gasteiger charge is 2.17. The topological polar surface area (TPSA) is 60.2 Å². The molecule has 0 spiro atoms. The summed E-state index contributed by atoms with van der Waals surface area (Å²) in [5.74, 6) is -0.371. The van der Waals surface area contributed by atoms with Crippen LogP contribution in [0.25, 0.3) is 0 Å². The van der Waals surface area contributed by atoms with Crippen molar-refractivity contribution in [3.05, 3.63) is 30.1 Å². The Bertz CT molecular complexity index is 428. The van der Waals surface area contributed by atoms with Crippen molar-refractivity contribution >= 4 is 9.84 Å². The zero-order valence-electron chi connectivity index (χ0n) is 9.19. The number of hydrogen-bond donors (Lipinski definition) is 1. The average Bonchev–Trinajstić information content (AvgIpc) is 2.17. The zero-order valence-corrected chi connectivity index (χ0v) is 10.0. The molecule has 0 bridgehead atoms. The second-order valence-electron chi connectivity index (χ2n) is 3.92. The molecule has 0 radical (unpaired) electrons. The Labute approximate surface area is 95.4 Å². The zero-order chi connectivity index (χ0) is 12.2. The van der Waals surface area contributed by atoms with E-state index in [1.165, 1.54) is 12.1 Å². The molecule has 5 heteroatoms. The summed E-state index contributed by atoms with van der Waals surface area (Å²) in [6.07, 6.45) is 0.667. The molecule has 0 aromatic heterocycles. The van der Waals surface area contributed by atoms with Crippen LogP contribution in [-0.4, -0.2) is 20.7 Å². The van der Waals surface area contributed by atoms with E-state index < -0.39 is 15.7 Å². The van der Waals surface area contributed by atoms with Gasteiger partial charge in [-0.1, -0.05) is 6.92 Å². The maximum absolute atomic E-state index is 12.6. The fourth-order valence-electron chi connectivity index (χ4n) is 1.48. The van der Waals surface area contributed by atoms with Crippen molar-refractivity contribution < 1.29 is 12.8 Å². The van der Waals surface area contributed by atoms with Crippen molar-refractivity contribution in [1.29, 1.82) is 0 Å². The second kappa shape index (κ2) is 5.41. The van der Waals surface area contributed by atoms with Gasteiger partial charge in [-0.2, -0.15) is 0 Å². The van der Waals surface area contributed by atoms with E-state index in [0.717, 1.165) is 12.1 Å². The molecule has 0 heterocycles. The maximum atomic E-state index is 12.6. The molecule has 1 unspecified atom stereocenters. The lowest BCUT2D eigenvalue weighted by atomic mass is 10.1. The van der Waals surface area contributed by atoms with Crippen LogP contribution in [0.15, 0.2) is 29.2 Å². The number of sulfone groups is 1. The van der Waals surface area contributed by atoms with Crippen molar-refractivity contribution in [3.63, 3.8) is 0 Å². The van der Waals surface area contributed by atoms with Gasteiger partial charge in [0.1, 0.15) is 5.82 Å². The lowest BCUT2D eigenvalue weighted by Crippen LogP contribution is -2.17. The summed E-state index contributed by atoms with van der Waals surface area (Å²) >= 11 is 0. The van der Waals surface area contributed by atoms with Crippen LogP contribution in [-0.2, 0) is 9.84 Å². The number of hydrogen-bond acceptors (Lipinski definition) is 3. The average molecular weight is 245 g/mol. The summed E-state index contributed by atoms with van der Waals surface area (Å²) in [6.45, 7) is 2.31. The quantitative estimate of drug-likeness (QED) is 0.801. The van der Waals surface area contributed by atoms with Gasteiger partial charge in [-0.25, -0.2) is 12.8 Å². The van der Waals surface area contributed by atoms with E-state index in [4.69, 9.17) is 5.73 Å². The first-order chi connectivity index (χ1) is 7.45. The first kappa shape index (κ1) is 13.1. The van der Waals surface area contributed by atoms with Crippen LogP contribution >= 0.6 is 0 Å². The smallest absolute Gasteiger partial charge is 0.178 e. The molecule has 0 fully saturated rings. The van der Waals surface area contributed by atoms with Crippen LogP contribution < -0.4 is 5.73 Å². The third-order valence-electron chi connectivity index (χ3n) is 2.34. The van der Waals surface area contributed by atoms with Crippen LogP contribution in [0.3, 0.4) is 0 Å². The van der Waals surface area contributed by atoms with Crippen molar-refractivity contribution in [1.82, 2.24) is 0 Å². The SMILES string of the molecule is CC(CCN)CS(=O)(=O)c1ccc(F)cc1. The Hall–Kier alpha value is -0.940. The van der Waals surface area contributed by atoms with Crippen LogP contribution in [0.5, 0.6) is 0 Å². The van der Waals surface area contributed by atoms with Gasteiger partial charge in [0, 0.05) is 0 Å². The summed E-state index contributed by atoms with van der Waals surface area (Å²) in [7, 11) is -3.32. The third kappa shape index (κ3) is 3.57. The molecule has 2 N–H and O–H groups in total. The summed E-state index contributed by atoms with van der Waals surface area (Å²) < 4.78 is 36.4. The van der Waals surface area contributed by atoms with Crippen molar-refractivity contribution in [2.45, 2.75) is 18.2 Å². The Kier molecular flexibility index (Phi) is 4.44. The summed E-state index contributed by atoms with van der Waals surface area (Å²) in [5, 5.41) is 0. The van der Waals surface area contributed by atoms with E-state index in [9.17, 15) is 12.8 Å². The molecular formula is C11H16FNO2S. The molecule has 16 heavy (non-hydrogen) atoms. The molecule has 0 saturated heterocycles. The van der Waals surface area contributed by atoms with E-state index >= 15 is 0 Å². The van der Waals surface area contributed by atoms with Gasteiger partial charge in [0.2, 0.25) is 0 Å². The van der Waals surface area contributed by atoms with Crippen molar-refractivity contribution in [3.8, 4) is 0 Å². The number of nitrogens with two attached hydrogens (primary N) is 1. The molecule has 90 valence electrons. The Balaban J connectivity index is 2.82. The summed E-state index contributed by atoms with van der Waals surface area (Å²) in [6, 6.07) is 4.89. The van der Waals surface area contributed by atoms with Gasteiger partial charge in [0.05, 0.1) is 10.6 Å². The Morgan fingerprint density at radius 2 is 1.88 bits per heavy atom. The Morgan fingerprint density at radius 1 is 1.31 bits per heavy atom. The first-order valence-corrected chi connectivity index (χ1v) is 6.79. The molecule has 3 nitrogen and oxygen atoms in total. The van der Waals surface area contributed by atoms with E-state index in [1.807, 2.05) is 6.92 Å².